The van der Waals surface area contributed by atoms with Crippen LogP contribution < -0.4 is 19.8 Å². The quantitative estimate of drug-likeness (QED) is 0.254. The average molecular weight is 655 g/mol. The Balaban J connectivity index is 1.20. The number of hydrogen-bond acceptors (Lipinski definition) is 6. The average Bonchev–Trinajstić information content (AvgIpc) is 3.32. The number of hydrogen-bond donors (Lipinski definition) is 1. The zero-order valence-electron chi connectivity index (χ0n) is 23.3. The van der Waals surface area contributed by atoms with Gasteiger partial charge in [0, 0.05) is 37.8 Å². The molecule has 2 aliphatic heterocycles. The highest BCUT2D eigenvalue weighted by Crippen LogP contribution is 2.36. The molecule has 5 rings (SSSR count). The van der Waals surface area contributed by atoms with Gasteiger partial charge < -0.3 is 19.7 Å². The zero-order valence-corrected chi connectivity index (χ0v) is 23.3. The standard InChI is InChI=1S/C30H22F8N4O4/c31-22-7-6-19(12-21(22)30(36,37)38)42-27(44)20-15-41(10-9-23(20)40-42)14-16-1-4-18(5-2-16)26(43)39-13-17-3-8-24(45-28(32)33)25(11-17)46-29(34)35/h1-8,11-12,15,28-29H,9-10,13-14H2,(H,39,43). The summed E-state index contributed by atoms with van der Waals surface area (Å²) < 4.78 is 112. The number of nitrogens with one attached hydrogen (secondary N) is 1. The molecule has 46 heavy (non-hydrogen) atoms. The number of amides is 2. The van der Waals surface area contributed by atoms with Crippen molar-refractivity contribution in [2.75, 3.05) is 11.6 Å². The van der Waals surface area contributed by atoms with Crippen LogP contribution in [0.15, 0.2) is 77.5 Å². The van der Waals surface area contributed by atoms with E-state index in [-0.39, 0.29) is 28.9 Å². The second kappa shape index (κ2) is 13.1. The van der Waals surface area contributed by atoms with E-state index in [2.05, 4.69) is 19.9 Å². The second-order valence-corrected chi connectivity index (χ2v) is 10.0. The van der Waals surface area contributed by atoms with Crippen LogP contribution in [0.2, 0.25) is 0 Å². The molecule has 242 valence electrons. The molecule has 3 aromatic rings. The maximum Gasteiger partial charge on any atom is 0.419 e. The van der Waals surface area contributed by atoms with Crippen LogP contribution in [-0.4, -0.2) is 42.2 Å². The van der Waals surface area contributed by atoms with E-state index >= 15 is 0 Å². The molecule has 2 aliphatic rings. The summed E-state index contributed by atoms with van der Waals surface area (Å²) in [6, 6.07) is 12.0. The van der Waals surface area contributed by atoms with E-state index in [0.29, 0.717) is 37.4 Å². The minimum Gasteiger partial charge on any atom is -0.431 e. The van der Waals surface area contributed by atoms with Crippen molar-refractivity contribution in [2.24, 2.45) is 5.10 Å². The topological polar surface area (TPSA) is 83.5 Å². The van der Waals surface area contributed by atoms with Gasteiger partial charge in [0.05, 0.1) is 22.5 Å². The number of ether oxygens (including phenoxy) is 2. The van der Waals surface area contributed by atoms with Crippen molar-refractivity contribution in [2.45, 2.75) is 38.9 Å². The van der Waals surface area contributed by atoms with E-state index in [4.69, 9.17) is 0 Å². The van der Waals surface area contributed by atoms with Crippen molar-refractivity contribution in [1.82, 2.24) is 10.2 Å². The Morgan fingerprint density at radius 3 is 2.26 bits per heavy atom. The van der Waals surface area contributed by atoms with Gasteiger partial charge in [-0.1, -0.05) is 18.2 Å². The minimum atomic E-state index is -4.95. The first-order chi connectivity index (χ1) is 21.8. The van der Waals surface area contributed by atoms with Crippen molar-refractivity contribution < 1.29 is 54.2 Å². The molecule has 1 N–H and O–H groups in total. The number of carbonyl (C=O) groups is 2. The van der Waals surface area contributed by atoms with Gasteiger partial charge in [-0.2, -0.15) is 40.8 Å². The van der Waals surface area contributed by atoms with E-state index in [1.807, 2.05) is 0 Å². The third kappa shape index (κ3) is 7.38. The minimum absolute atomic E-state index is 0.138. The van der Waals surface area contributed by atoms with Gasteiger partial charge in [-0.3, -0.25) is 9.59 Å². The molecule has 0 saturated heterocycles. The number of rotatable bonds is 10. The molecule has 8 nitrogen and oxygen atoms in total. The van der Waals surface area contributed by atoms with Crippen molar-refractivity contribution in [1.29, 1.82) is 0 Å². The van der Waals surface area contributed by atoms with E-state index in [0.717, 1.165) is 28.8 Å². The Hall–Kier alpha value is -5.15. The van der Waals surface area contributed by atoms with Gasteiger partial charge >= 0.3 is 19.4 Å². The molecule has 0 unspecified atom stereocenters. The Bertz CT molecular complexity index is 1690. The monoisotopic (exact) mass is 654 g/mol. The van der Waals surface area contributed by atoms with Crippen LogP contribution in [0.25, 0.3) is 0 Å². The molecule has 0 saturated carbocycles. The lowest BCUT2D eigenvalue weighted by atomic mass is 10.0. The van der Waals surface area contributed by atoms with Gasteiger partial charge in [-0.05, 0) is 53.6 Å². The molecule has 0 radical (unpaired) electrons. The SMILES string of the molecule is O=C(NCc1ccc(OC(F)F)c(OC(F)F)c1)c1ccc(CN2C=C3C(=O)N(c4ccc(F)c(C(F)(F)F)c4)N=C3CC2)cc1. The highest BCUT2D eigenvalue weighted by molar-refractivity contribution is 6.30. The largest absolute Gasteiger partial charge is 0.431 e. The molecule has 0 atom stereocenters. The van der Waals surface area contributed by atoms with Crippen LogP contribution in [0.4, 0.5) is 40.8 Å². The van der Waals surface area contributed by atoms with Crippen LogP contribution in [0.5, 0.6) is 11.5 Å². The lowest BCUT2D eigenvalue weighted by Gasteiger charge is -2.25. The molecular weight excluding hydrogens is 632 g/mol. The van der Waals surface area contributed by atoms with Gasteiger partial charge in [0.15, 0.2) is 11.5 Å². The van der Waals surface area contributed by atoms with Crippen molar-refractivity contribution in [3.05, 3.63) is 101 Å². The van der Waals surface area contributed by atoms with Crippen molar-refractivity contribution in [3.63, 3.8) is 0 Å². The summed E-state index contributed by atoms with van der Waals surface area (Å²) in [6.07, 6.45) is -3.08. The van der Waals surface area contributed by atoms with Gasteiger partial charge in [0.2, 0.25) is 0 Å². The molecule has 2 amide bonds. The van der Waals surface area contributed by atoms with Crippen molar-refractivity contribution >= 4 is 23.2 Å². The highest BCUT2D eigenvalue weighted by Gasteiger charge is 2.38. The molecular formula is C30H22F8N4O4. The molecule has 0 aliphatic carbocycles. The number of fused-ring (bicyclic) bond motifs is 1. The van der Waals surface area contributed by atoms with Gasteiger partial charge in [0.1, 0.15) is 5.82 Å². The smallest absolute Gasteiger partial charge is 0.419 e. The Morgan fingerprint density at radius 2 is 1.59 bits per heavy atom. The van der Waals surface area contributed by atoms with E-state index in [1.54, 1.807) is 23.2 Å². The zero-order chi connectivity index (χ0) is 33.2. The lowest BCUT2D eigenvalue weighted by Crippen LogP contribution is -2.29. The van der Waals surface area contributed by atoms with Crippen LogP contribution in [0.1, 0.15) is 33.5 Å². The summed E-state index contributed by atoms with van der Waals surface area (Å²) in [7, 11) is 0. The maximum atomic E-state index is 13.7. The first kappa shape index (κ1) is 32.2. The number of halogens is 8. The van der Waals surface area contributed by atoms with E-state index < -0.39 is 54.1 Å². The first-order valence-corrected chi connectivity index (χ1v) is 13.4. The number of anilines is 1. The van der Waals surface area contributed by atoms with Crippen LogP contribution in [-0.2, 0) is 24.1 Å². The fourth-order valence-electron chi connectivity index (χ4n) is 4.75. The van der Waals surface area contributed by atoms with Gasteiger partial charge in [-0.25, -0.2) is 4.39 Å². The van der Waals surface area contributed by atoms with Gasteiger partial charge in [-0.15, -0.1) is 0 Å². The molecule has 0 aromatic heterocycles. The lowest BCUT2D eigenvalue weighted by molar-refractivity contribution is -0.140. The number of alkyl halides is 7. The molecule has 16 heteroatoms. The predicted octanol–water partition coefficient (Wildman–Crippen LogP) is 6.47. The number of hydrazone groups is 1. The number of nitrogens with zero attached hydrogens (tertiary/aromatic N) is 3. The van der Waals surface area contributed by atoms with E-state index in [9.17, 15) is 44.7 Å². The summed E-state index contributed by atoms with van der Waals surface area (Å²) in [4.78, 5) is 27.5. The van der Waals surface area contributed by atoms with Gasteiger partial charge in [0.25, 0.3) is 11.8 Å². The summed E-state index contributed by atoms with van der Waals surface area (Å²) in [5.41, 5.74) is 0.144. The van der Waals surface area contributed by atoms with Crippen LogP contribution in [0.3, 0.4) is 0 Å². The van der Waals surface area contributed by atoms with Crippen LogP contribution >= 0.6 is 0 Å². The Kier molecular flexibility index (Phi) is 9.16. The third-order valence-corrected chi connectivity index (χ3v) is 6.90. The number of benzene rings is 3. The third-order valence-electron chi connectivity index (χ3n) is 6.90. The summed E-state index contributed by atoms with van der Waals surface area (Å²) in [5.74, 6) is -3.84. The fourth-order valence-corrected chi connectivity index (χ4v) is 4.75. The first-order valence-electron chi connectivity index (χ1n) is 13.4. The summed E-state index contributed by atoms with van der Waals surface area (Å²) in [6.45, 7) is -5.93. The fraction of sp³-hybridized carbons (Fsp3) is 0.233. The predicted molar refractivity (Wildman–Crippen MR) is 147 cm³/mol. The molecule has 0 fully saturated rings. The number of carbonyl (C=O) groups excluding carboxylic acids is 2. The Morgan fingerprint density at radius 1 is 0.913 bits per heavy atom. The molecule has 0 spiro atoms. The molecule has 2 heterocycles. The maximum absolute atomic E-state index is 13.7. The summed E-state index contributed by atoms with van der Waals surface area (Å²) in [5, 5.41) is 7.55. The van der Waals surface area contributed by atoms with Crippen LogP contribution in [0, 0.1) is 5.82 Å². The normalized spacial score (nSPS) is 14.8. The van der Waals surface area contributed by atoms with Crippen molar-refractivity contribution in [3.8, 4) is 11.5 Å². The molecule has 0 bridgehead atoms. The Labute approximate surface area is 255 Å². The highest BCUT2D eigenvalue weighted by atomic mass is 19.4. The molecule has 3 aromatic carbocycles. The summed E-state index contributed by atoms with van der Waals surface area (Å²) >= 11 is 0. The van der Waals surface area contributed by atoms with E-state index in [1.165, 1.54) is 18.2 Å². The second-order valence-electron chi connectivity index (χ2n) is 10.0.